The number of hydrogen-bond acceptors (Lipinski definition) is 4. The molecule has 34 heavy (non-hydrogen) atoms. The van der Waals surface area contributed by atoms with Crippen molar-refractivity contribution in [2.75, 3.05) is 4.90 Å². The average molecular weight is 456 g/mol. The molecule has 6 heteroatoms. The summed E-state index contributed by atoms with van der Waals surface area (Å²) in [7, 11) is 0. The molecular weight excluding hydrogens is 426 g/mol. The number of benzene rings is 2. The van der Waals surface area contributed by atoms with Crippen LogP contribution in [0.25, 0.3) is 0 Å². The van der Waals surface area contributed by atoms with Crippen molar-refractivity contribution in [1.29, 1.82) is 0 Å². The third-order valence-electron chi connectivity index (χ3n) is 6.42. The molecule has 1 atom stereocenters. The Hall–Kier alpha value is -3.80. The normalized spacial score (nSPS) is 18.4. The van der Waals surface area contributed by atoms with Gasteiger partial charge in [0.25, 0.3) is 5.91 Å². The number of aromatic nitrogens is 1. The van der Waals surface area contributed by atoms with Gasteiger partial charge in [-0.15, -0.1) is 0 Å². The number of carbonyl (C=O) groups is 3. The monoisotopic (exact) mass is 455 g/mol. The Morgan fingerprint density at radius 1 is 0.971 bits per heavy atom. The summed E-state index contributed by atoms with van der Waals surface area (Å²) in [6.45, 7) is 6.13. The van der Waals surface area contributed by atoms with E-state index in [0.717, 1.165) is 21.7 Å². The van der Waals surface area contributed by atoms with Crippen molar-refractivity contribution in [2.24, 2.45) is 5.41 Å². The maximum absolute atomic E-state index is 14.0. The van der Waals surface area contributed by atoms with Gasteiger partial charge in [-0.3, -0.25) is 19.9 Å². The zero-order valence-corrected chi connectivity index (χ0v) is 19.7. The first-order chi connectivity index (χ1) is 16.3. The number of pyridine rings is 1. The number of aryl methyl sites for hydroxylation is 2. The maximum Gasteiger partial charge on any atom is 0.335 e. The third kappa shape index (κ3) is 4.62. The number of imide groups is 2. The highest BCUT2D eigenvalue weighted by molar-refractivity contribution is 6.30. The quantitative estimate of drug-likeness (QED) is 0.511. The number of urea groups is 1. The van der Waals surface area contributed by atoms with Gasteiger partial charge in [-0.1, -0.05) is 56.3 Å². The maximum atomic E-state index is 14.0. The van der Waals surface area contributed by atoms with Crippen molar-refractivity contribution < 1.29 is 14.4 Å². The van der Waals surface area contributed by atoms with Crippen molar-refractivity contribution in [3.8, 4) is 0 Å². The van der Waals surface area contributed by atoms with Gasteiger partial charge in [0.1, 0.15) is 5.41 Å². The van der Waals surface area contributed by atoms with Gasteiger partial charge >= 0.3 is 6.03 Å². The van der Waals surface area contributed by atoms with Crippen LogP contribution in [0.3, 0.4) is 0 Å². The van der Waals surface area contributed by atoms with Gasteiger partial charge in [-0.25, -0.2) is 9.69 Å². The zero-order valence-electron chi connectivity index (χ0n) is 19.7. The minimum absolute atomic E-state index is 0.193. The Labute approximate surface area is 200 Å². The van der Waals surface area contributed by atoms with Crippen molar-refractivity contribution >= 4 is 23.5 Å². The molecule has 4 rings (SSSR count). The van der Waals surface area contributed by atoms with E-state index in [2.05, 4.69) is 24.1 Å². The minimum atomic E-state index is -1.44. The number of rotatable bonds is 7. The Morgan fingerprint density at radius 2 is 1.74 bits per heavy atom. The molecular formula is C28H29N3O3. The van der Waals surface area contributed by atoms with E-state index in [1.165, 1.54) is 5.56 Å². The fourth-order valence-electron chi connectivity index (χ4n) is 4.40. The van der Waals surface area contributed by atoms with Crippen LogP contribution < -0.4 is 10.2 Å². The Kier molecular flexibility index (Phi) is 6.59. The first-order valence-electron chi connectivity index (χ1n) is 11.6. The molecule has 1 fully saturated rings. The molecule has 1 aliphatic rings. The summed E-state index contributed by atoms with van der Waals surface area (Å²) in [5, 5.41) is 2.46. The summed E-state index contributed by atoms with van der Waals surface area (Å²) < 4.78 is 0. The highest BCUT2D eigenvalue weighted by Crippen LogP contribution is 2.37. The number of hydrogen-bond donors (Lipinski definition) is 1. The van der Waals surface area contributed by atoms with Crippen LogP contribution >= 0.6 is 0 Å². The summed E-state index contributed by atoms with van der Waals surface area (Å²) in [6.07, 6.45) is 2.55. The standard InChI is InChI=1S/C28H29N3O3/c1-19(2)22-12-10-21(11-13-22)18-28(15-14-23-8-4-5-16-29-23)25(32)30-27(34)31(26(28)33)24-9-6-7-20(3)17-24/h4-13,16-17,19H,14-15,18H2,1-3H3,(H,30,32,34). The van der Waals surface area contributed by atoms with Gasteiger partial charge in [0, 0.05) is 11.9 Å². The summed E-state index contributed by atoms with van der Waals surface area (Å²) in [4.78, 5) is 45.7. The molecule has 0 saturated carbocycles. The summed E-state index contributed by atoms with van der Waals surface area (Å²) in [5.74, 6) is -0.688. The van der Waals surface area contributed by atoms with Crippen molar-refractivity contribution in [1.82, 2.24) is 10.3 Å². The molecule has 1 aromatic heterocycles. The van der Waals surface area contributed by atoms with Gasteiger partial charge in [-0.2, -0.15) is 0 Å². The van der Waals surface area contributed by atoms with E-state index in [-0.39, 0.29) is 12.8 Å². The lowest BCUT2D eigenvalue weighted by molar-refractivity contribution is -0.143. The van der Waals surface area contributed by atoms with Crippen LogP contribution in [0.2, 0.25) is 0 Å². The van der Waals surface area contributed by atoms with E-state index in [0.29, 0.717) is 18.0 Å². The molecule has 0 bridgehead atoms. The Bertz CT molecular complexity index is 1210. The zero-order chi connectivity index (χ0) is 24.3. The molecule has 0 radical (unpaired) electrons. The third-order valence-corrected chi connectivity index (χ3v) is 6.42. The Balaban J connectivity index is 1.74. The van der Waals surface area contributed by atoms with Gasteiger partial charge < -0.3 is 0 Å². The molecule has 1 aliphatic heterocycles. The number of anilines is 1. The number of carbonyl (C=O) groups excluding carboxylic acids is 3. The lowest BCUT2D eigenvalue weighted by Crippen LogP contribution is -2.65. The van der Waals surface area contributed by atoms with Gasteiger partial charge in [0.05, 0.1) is 5.69 Å². The molecule has 6 nitrogen and oxygen atoms in total. The topological polar surface area (TPSA) is 79.4 Å². The molecule has 4 amide bonds. The first kappa shape index (κ1) is 23.4. The molecule has 1 saturated heterocycles. The van der Waals surface area contributed by atoms with Crippen LogP contribution in [0.1, 0.15) is 48.6 Å². The smallest absolute Gasteiger partial charge is 0.276 e. The van der Waals surface area contributed by atoms with Crippen molar-refractivity contribution in [2.45, 2.75) is 46.0 Å². The molecule has 3 aromatic rings. The largest absolute Gasteiger partial charge is 0.335 e. The predicted octanol–water partition coefficient (Wildman–Crippen LogP) is 4.96. The summed E-state index contributed by atoms with van der Waals surface area (Å²) in [6, 6.07) is 20.0. The van der Waals surface area contributed by atoms with E-state index < -0.39 is 23.3 Å². The molecule has 1 N–H and O–H groups in total. The second kappa shape index (κ2) is 9.59. The average Bonchev–Trinajstić information content (AvgIpc) is 2.82. The van der Waals surface area contributed by atoms with Gasteiger partial charge in [0.15, 0.2) is 0 Å². The minimum Gasteiger partial charge on any atom is -0.276 e. The number of barbiturate groups is 1. The molecule has 0 aliphatic carbocycles. The van der Waals surface area contributed by atoms with E-state index in [1.807, 2.05) is 55.5 Å². The van der Waals surface area contributed by atoms with Crippen LogP contribution in [-0.4, -0.2) is 22.8 Å². The lowest BCUT2D eigenvalue weighted by atomic mass is 9.74. The van der Waals surface area contributed by atoms with Crippen LogP contribution in [0, 0.1) is 12.3 Å². The van der Waals surface area contributed by atoms with E-state index in [4.69, 9.17) is 0 Å². The first-order valence-corrected chi connectivity index (χ1v) is 11.6. The number of nitrogens with one attached hydrogen (secondary N) is 1. The van der Waals surface area contributed by atoms with Gasteiger partial charge in [-0.05, 0) is 73.1 Å². The highest BCUT2D eigenvalue weighted by atomic mass is 16.2. The Morgan fingerprint density at radius 3 is 2.38 bits per heavy atom. The fourth-order valence-corrected chi connectivity index (χ4v) is 4.40. The van der Waals surface area contributed by atoms with Crippen LogP contribution in [0.15, 0.2) is 72.9 Å². The molecule has 2 heterocycles. The fraction of sp³-hybridized carbons (Fsp3) is 0.286. The van der Waals surface area contributed by atoms with Crippen molar-refractivity contribution in [3.63, 3.8) is 0 Å². The predicted molar refractivity (Wildman–Crippen MR) is 131 cm³/mol. The van der Waals surface area contributed by atoms with Crippen LogP contribution in [0.4, 0.5) is 10.5 Å². The highest BCUT2D eigenvalue weighted by Gasteiger charge is 2.54. The SMILES string of the molecule is Cc1cccc(N2C(=O)NC(=O)C(CCc3ccccn3)(Cc3ccc(C(C)C)cc3)C2=O)c1. The van der Waals surface area contributed by atoms with E-state index in [9.17, 15) is 14.4 Å². The molecule has 174 valence electrons. The molecule has 1 unspecified atom stereocenters. The summed E-state index contributed by atoms with van der Waals surface area (Å²) in [5.41, 5.74) is 2.77. The molecule has 2 aromatic carbocycles. The van der Waals surface area contributed by atoms with Crippen molar-refractivity contribution in [3.05, 3.63) is 95.3 Å². The number of amides is 4. The van der Waals surface area contributed by atoms with Crippen LogP contribution in [0.5, 0.6) is 0 Å². The van der Waals surface area contributed by atoms with Gasteiger partial charge in [0.2, 0.25) is 5.91 Å². The second-order valence-electron chi connectivity index (χ2n) is 9.22. The number of nitrogens with zero attached hydrogens (tertiary/aromatic N) is 2. The molecule has 0 spiro atoms. The van der Waals surface area contributed by atoms with E-state index in [1.54, 1.807) is 24.4 Å². The second-order valence-corrected chi connectivity index (χ2v) is 9.22. The van der Waals surface area contributed by atoms with Crippen LogP contribution in [-0.2, 0) is 22.4 Å². The lowest BCUT2D eigenvalue weighted by Gasteiger charge is -2.39. The summed E-state index contributed by atoms with van der Waals surface area (Å²) >= 11 is 0. The van der Waals surface area contributed by atoms with E-state index >= 15 is 0 Å².